The van der Waals surface area contributed by atoms with Crippen molar-refractivity contribution in [1.82, 2.24) is 9.97 Å². The number of carbonyl (C=O) groups excluding carboxylic acids is 2. The lowest BCUT2D eigenvalue weighted by Gasteiger charge is -2.19. The van der Waals surface area contributed by atoms with Gasteiger partial charge in [0.05, 0.1) is 24.1 Å². The molecule has 148 valence electrons. The van der Waals surface area contributed by atoms with E-state index < -0.39 is 0 Å². The maximum absolute atomic E-state index is 12.9. The van der Waals surface area contributed by atoms with Gasteiger partial charge in [-0.25, -0.2) is 9.97 Å². The van der Waals surface area contributed by atoms with Crippen LogP contribution < -0.4 is 15.0 Å². The Hall–Kier alpha value is -3.74. The topological polar surface area (TPSA) is 84.4 Å². The van der Waals surface area contributed by atoms with E-state index in [9.17, 15) is 9.59 Å². The van der Waals surface area contributed by atoms with Crippen LogP contribution in [-0.2, 0) is 4.79 Å². The Labute approximate surface area is 169 Å². The summed E-state index contributed by atoms with van der Waals surface area (Å²) in [6.07, 6.45) is 1.75. The number of methoxy groups -OCH3 is 1. The number of rotatable bonds is 6. The molecule has 0 aliphatic carbocycles. The molecule has 0 bridgehead atoms. The fourth-order valence-electron chi connectivity index (χ4n) is 2.86. The molecule has 1 heterocycles. The number of benzene rings is 2. The predicted octanol–water partition coefficient (Wildman–Crippen LogP) is 3.78. The smallest absolute Gasteiger partial charge is 0.258 e. The average Bonchev–Trinajstić information content (AvgIpc) is 2.78. The van der Waals surface area contributed by atoms with Crippen molar-refractivity contribution in [2.24, 2.45) is 0 Å². The molecule has 0 aliphatic heterocycles. The summed E-state index contributed by atoms with van der Waals surface area (Å²) in [5, 5.41) is 2.79. The Kier molecular flexibility index (Phi) is 6.19. The van der Waals surface area contributed by atoms with Gasteiger partial charge in [0.15, 0.2) is 0 Å². The third-order valence-electron chi connectivity index (χ3n) is 4.48. The first-order valence-electron chi connectivity index (χ1n) is 9.17. The highest BCUT2D eigenvalue weighted by atomic mass is 16.5. The number of hydrogen-bond donors (Lipinski definition) is 1. The predicted molar refractivity (Wildman–Crippen MR) is 112 cm³/mol. The van der Waals surface area contributed by atoms with E-state index in [1.807, 2.05) is 24.3 Å². The Balaban J connectivity index is 1.84. The van der Waals surface area contributed by atoms with Crippen molar-refractivity contribution < 1.29 is 14.3 Å². The fourth-order valence-corrected chi connectivity index (χ4v) is 2.86. The van der Waals surface area contributed by atoms with Gasteiger partial charge in [0.1, 0.15) is 17.9 Å². The van der Waals surface area contributed by atoms with Crippen LogP contribution in [0.5, 0.6) is 5.75 Å². The Morgan fingerprint density at radius 2 is 1.79 bits per heavy atom. The summed E-state index contributed by atoms with van der Waals surface area (Å²) >= 11 is 0. The second kappa shape index (κ2) is 8.97. The van der Waals surface area contributed by atoms with Crippen molar-refractivity contribution in [3.05, 3.63) is 66.5 Å². The molecular formula is C22H22N4O3. The number of ether oxygens (including phenoxy) is 1. The average molecular weight is 390 g/mol. The maximum atomic E-state index is 12.9. The maximum Gasteiger partial charge on any atom is 0.258 e. The summed E-state index contributed by atoms with van der Waals surface area (Å²) in [6.45, 7) is 1.78. The first-order valence-corrected chi connectivity index (χ1v) is 9.17. The van der Waals surface area contributed by atoms with Gasteiger partial charge in [0.2, 0.25) is 5.91 Å². The van der Waals surface area contributed by atoms with E-state index in [1.54, 1.807) is 51.4 Å². The van der Waals surface area contributed by atoms with Crippen LogP contribution in [0.4, 0.5) is 11.5 Å². The van der Waals surface area contributed by atoms with E-state index in [4.69, 9.17) is 4.74 Å². The Morgan fingerprint density at radius 3 is 2.48 bits per heavy atom. The van der Waals surface area contributed by atoms with Gasteiger partial charge in [0.25, 0.3) is 5.91 Å². The van der Waals surface area contributed by atoms with Gasteiger partial charge in [0, 0.05) is 25.1 Å². The molecule has 1 N–H and O–H groups in total. The van der Waals surface area contributed by atoms with Crippen LogP contribution in [0.1, 0.15) is 23.7 Å². The third-order valence-corrected chi connectivity index (χ3v) is 4.48. The first kappa shape index (κ1) is 20.0. The molecule has 1 aromatic heterocycles. The molecule has 0 saturated heterocycles. The molecule has 0 radical (unpaired) electrons. The number of anilines is 2. The fraction of sp³-hybridized carbons (Fsp3) is 0.182. The van der Waals surface area contributed by atoms with Crippen LogP contribution >= 0.6 is 0 Å². The molecule has 0 atom stereocenters. The number of nitrogens with one attached hydrogen (secondary N) is 1. The molecule has 2 amide bonds. The molecule has 7 nitrogen and oxygen atoms in total. The highest BCUT2D eigenvalue weighted by molar-refractivity contribution is 6.10. The molecule has 0 saturated carbocycles. The Bertz CT molecular complexity index is 1020. The molecule has 3 aromatic rings. The number of carbonyl (C=O) groups is 2. The molecule has 0 fully saturated rings. The minimum atomic E-state index is -0.351. The molecule has 2 aromatic carbocycles. The van der Waals surface area contributed by atoms with Crippen LogP contribution in [-0.4, -0.2) is 35.9 Å². The van der Waals surface area contributed by atoms with Gasteiger partial charge in [-0.1, -0.05) is 19.1 Å². The highest BCUT2D eigenvalue weighted by Crippen LogP contribution is 2.24. The second-order valence-electron chi connectivity index (χ2n) is 6.29. The third kappa shape index (κ3) is 4.57. The second-order valence-corrected chi connectivity index (χ2v) is 6.29. The summed E-state index contributed by atoms with van der Waals surface area (Å²) in [5.41, 5.74) is 2.48. The Morgan fingerprint density at radius 1 is 1.07 bits per heavy atom. The highest BCUT2D eigenvalue weighted by Gasteiger charge is 2.18. The first-order chi connectivity index (χ1) is 14.0. The van der Waals surface area contributed by atoms with Gasteiger partial charge in [-0.3, -0.25) is 9.59 Å². The van der Waals surface area contributed by atoms with E-state index in [0.717, 1.165) is 11.3 Å². The number of nitrogens with zero attached hydrogens (tertiary/aromatic N) is 3. The minimum Gasteiger partial charge on any atom is -0.497 e. The normalized spacial score (nSPS) is 10.3. The quantitative estimate of drug-likeness (QED) is 0.692. The largest absolute Gasteiger partial charge is 0.497 e. The van der Waals surface area contributed by atoms with Crippen LogP contribution in [0.3, 0.4) is 0 Å². The lowest BCUT2D eigenvalue weighted by atomic mass is 10.1. The summed E-state index contributed by atoms with van der Waals surface area (Å²) < 4.78 is 5.17. The van der Waals surface area contributed by atoms with Crippen LogP contribution in [0.2, 0.25) is 0 Å². The lowest BCUT2D eigenvalue weighted by Crippen LogP contribution is -2.28. The molecule has 0 aliphatic rings. The van der Waals surface area contributed by atoms with Crippen molar-refractivity contribution in [1.29, 1.82) is 0 Å². The lowest BCUT2D eigenvalue weighted by molar-refractivity contribution is -0.118. The van der Waals surface area contributed by atoms with Crippen LogP contribution in [0, 0.1) is 0 Å². The van der Waals surface area contributed by atoms with Crippen molar-refractivity contribution in [2.75, 3.05) is 24.4 Å². The van der Waals surface area contributed by atoms with Gasteiger partial charge in [-0.2, -0.15) is 0 Å². The molecular weight excluding hydrogens is 368 g/mol. The van der Waals surface area contributed by atoms with E-state index >= 15 is 0 Å². The molecule has 0 spiro atoms. The molecule has 29 heavy (non-hydrogen) atoms. The van der Waals surface area contributed by atoms with E-state index in [0.29, 0.717) is 29.2 Å². The van der Waals surface area contributed by atoms with Gasteiger partial charge in [-0.15, -0.1) is 0 Å². The number of aromatic nitrogens is 2. The summed E-state index contributed by atoms with van der Waals surface area (Å²) in [7, 11) is 3.26. The molecule has 3 rings (SSSR count). The SMILES string of the molecule is CCC(=O)N(C)c1ccccc1C(=O)Nc1cc(-c2ccc(OC)cc2)ncn1. The summed E-state index contributed by atoms with van der Waals surface area (Å²) in [5.74, 6) is 0.693. The standard InChI is InChI=1S/C22H22N4O3/c1-4-21(27)26(2)19-8-6-5-7-17(19)22(28)25-20-13-18(23-14-24-20)15-9-11-16(29-3)12-10-15/h5-14H,4H2,1-3H3,(H,23,24,25,28). The van der Waals surface area contributed by atoms with Crippen molar-refractivity contribution in [3.63, 3.8) is 0 Å². The number of para-hydroxylation sites is 1. The van der Waals surface area contributed by atoms with Gasteiger partial charge >= 0.3 is 0 Å². The van der Waals surface area contributed by atoms with Gasteiger partial charge < -0.3 is 15.0 Å². The van der Waals surface area contributed by atoms with Crippen molar-refractivity contribution in [3.8, 4) is 17.0 Å². The number of amides is 2. The van der Waals surface area contributed by atoms with Crippen LogP contribution in [0.15, 0.2) is 60.9 Å². The summed E-state index contributed by atoms with van der Waals surface area (Å²) in [4.78, 5) is 34.8. The molecule has 7 heteroatoms. The summed E-state index contributed by atoms with van der Waals surface area (Å²) in [6, 6.07) is 16.1. The monoisotopic (exact) mass is 390 g/mol. The van der Waals surface area contributed by atoms with E-state index in [1.165, 1.54) is 11.2 Å². The molecule has 0 unspecified atom stereocenters. The van der Waals surface area contributed by atoms with Gasteiger partial charge in [-0.05, 0) is 36.4 Å². The number of hydrogen-bond acceptors (Lipinski definition) is 5. The zero-order valence-electron chi connectivity index (χ0n) is 16.5. The van der Waals surface area contributed by atoms with Crippen molar-refractivity contribution in [2.45, 2.75) is 13.3 Å². The van der Waals surface area contributed by atoms with Crippen molar-refractivity contribution >= 4 is 23.3 Å². The van der Waals surface area contributed by atoms with E-state index in [2.05, 4.69) is 15.3 Å². The zero-order valence-corrected chi connectivity index (χ0v) is 16.5. The van der Waals surface area contributed by atoms with Crippen LogP contribution in [0.25, 0.3) is 11.3 Å². The van der Waals surface area contributed by atoms with E-state index in [-0.39, 0.29) is 11.8 Å². The zero-order chi connectivity index (χ0) is 20.8. The minimum absolute atomic E-state index is 0.0749.